The minimum atomic E-state index is -1.52. The average Bonchev–Trinajstić information content (AvgIpc) is 2.62. The summed E-state index contributed by atoms with van der Waals surface area (Å²) in [6.07, 6.45) is 1.94. The van der Waals surface area contributed by atoms with E-state index < -0.39 is 23.8 Å². The first kappa shape index (κ1) is 20.1. The van der Waals surface area contributed by atoms with Crippen LogP contribution in [0.1, 0.15) is 30.1 Å². The number of unbranched alkanes of at least 4 members (excludes halogenated alkanes) is 1. The van der Waals surface area contributed by atoms with Gasteiger partial charge in [-0.05, 0) is 30.7 Å². The van der Waals surface area contributed by atoms with Crippen molar-refractivity contribution in [3.05, 3.63) is 34.7 Å². The third-order valence-corrected chi connectivity index (χ3v) is 3.47. The lowest BCUT2D eigenvalue weighted by Crippen LogP contribution is -2.54. The van der Waals surface area contributed by atoms with Crippen molar-refractivity contribution in [2.24, 2.45) is 5.29 Å². The molecule has 0 radical (unpaired) electrons. The molecule has 1 aromatic carbocycles. The van der Waals surface area contributed by atoms with Crippen molar-refractivity contribution in [3.8, 4) is 5.75 Å². The van der Waals surface area contributed by atoms with Crippen LogP contribution in [0, 0.1) is 4.91 Å². The minimum Gasteiger partial charge on any atom is -0.494 e. The summed E-state index contributed by atoms with van der Waals surface area (Å²) in [5.41, 5.74) is 1.91. The number of hydrogen-bond acceptors (Lipinski definition) is 6. The number of nitroso groups, excluding NO2 is 1. The fourth-order valence-electron chi connectivity index (χ4n) is 2.06. The van der Waals surface area contributed by atoms with Crippen LogP contribution in [0.4, 0.5) is 0 Å². The highest BCUT2D eigenvalue weighted by Gasteiger charge is 2.33. The first-order valence-electron chi connectivity index (χ1n) is 7.80. The van der Waals surface area contributed by atoms with Gasteiger partial charge in [-0.1, -0.05) is 13.3 Å². The lowest BCUT2D eigenvalue weighted by molar-refractivity contribution is -0.135. The molecule has 0 bridgehead atoms. The van der Waals surface area contributed by atoms with Gasteiger partial charge in [0.05, 0.1) is 11.9 Å². The maximum atomic E-state index is 12.5. The highest BCUT2D eigenvalue weighted by atomic mass is 16.5. The van der Waals surface area contributed by atoms with E-state index in [2.05, 4.69) is 17.5 Å². The topological polar surface area (TPSA) is 117 Å². The molecule has 1 rings (SSSR count). The Balaban J connectivity index is 2.89. The van der Waals surface area contributed by atoms with Crippen LogP contribution in [-0.2, 0) is 9.59 Å². The van der Waals surface area contributed by atoms with Gasteiger partial charge in [-0.2, -0.15) is 0 Å². The number of carbonyl (C=O) groups is 3. The number of nitrogens with zero attached hydrogens (tertiary/aromatic N) is 2. The highest BCUT2D eigenvalue weighted by Crippen LogP contribution is 2.15. The molecule has 9 nitrogen and oxygen atoms in total. The number of hydrogen-bond donors (Lipinski definition) is 2. The molecule has 0 saturated heterocycles. The molecule has 0 aliphatic heterocycles. The van der Waals surface area contributed by atoms with E-state index in [9.17, 15) is 19.3 Å². The molecule has 1 aromatic rings. The van der Waals surface area contributed by atoms with Crippen molar-refractivity contribution >= 4 is 17.7 Å². The molecular weight excluding hydrogens is 328 g/mol. The predicted molar refractivity (Wildman–Crippen MR) is 90.7 cm³/mol. The van der Waals surface area contributed by atoms with Crippen LogP contribution in [0.15, 0.2) is 29.6 Å². The second-order valence-corrected chi connectivity index (χ2v) is 5.23. The fourth-order valence-corrected chi connectivity index (χ4v) is 2.06. The van der Waals surface area contributed by atoms with E-state index in [0.29, 0.717) is 12.4 Å². The largest absolute Gasteiger partial charge is 0.494 e. The van der Waals surface area contributed by atoms with Crippen molar-refractivity contribution in [2.75, 3.05) is 20.7 Å². The molecule has 0 aliphatic rings. The molecule has 0 aliphatic carbocycles. The van der Waals surface area contributed by atoms with Crippen LogP contribution in [0.3, 0.4) is 0 Å². The van der Waals surface area contributed by atoms with Crippen molar-refractivity contribution in [3.63, 3.8) is 0 Å². The van der Waals surface area contributed by atoms with Gasteiger partial charge in [-0.3, -0.25) is 14.4 Å². The third kappa shape index (κ3) is 5.55. The van der Waals surface area contributed by atoms with Crippen molar-refractivity contribution in [1.29, 1.82) is 0 Å². The molecular formula is C16H22N4O5. The van der Waals surface area contributed by atoms with Gasteiger partial charge < -0.3 is 15.0 Å². The zero-order chi connectivity index (χ0) is 18.8. The smallest absolute Gasteiger partial charge is 0.275 e. The molecule has 25 heavy (non-hydrogen) atoms. The van der Waals surface area contributed by atoms with Gasteiger partial charge in [0.15, 0.2) is 6.04 Å². The van der Waals surface area contributed by atoms with Crippen LogP contribution >= 0.6 is 0 Å². The number of benzene rings is 1. The molecule has 1 atom stereocenters. The second kappa shape index (κ2) is 10.0. The Morgan fingerprint density at radius 3 is 2.36 bits per heavy atom. The number of amides is 3. The quantitative estimate of drug-likeness (QED) is 0.296. The maximum absolute atomic E-state index is 12.5. The summed E-state index contributed by atoms with van der Waals surface area (Å²) in [4.78, 5) is 47.4. The Bertz CT molecular complexity index is 617. The third-order valence-electron chi connectivity index (χ3n) is 3.47. The summed E-state index contributed by atoms with van der Waals surface area (Å²) >= 11 is 0. The van der Waals surface area contributed by atoms with E-state index in [1.54, 1.807) is 17.6 Å². The predicted octanol–water partition coefficient (Wildman–Crippen LogP) is 0.850. The number of ether oxygens (including phenoxy) is 1. The van der Waals surface area contributed by atoms with Crippen LogP contribution in [-0.4, -0.2) is 49.4 Å². The van der Waals surface area contributed by atoms with Gasteiger partial charge >= 0.3 is 0 Å². The van der Waals surface area contributed by atoms with Crippen LogP contribution in [0.25, 0.3) is 0 Å². The van der Waals surface area contributed by atoms with Gasteiger partial charge in [0.2, 0.25) is 0 Å². The molecule has 0 aromatic heterocycles. The van der Waals surface area contributed by atoms with Crippen molar-refractivity contribution in [2.45, 2.75) is 25.8 Å². The minimum absolute atomic E-state index is 0.270. The zero-order valence-electron chi connectivity index (χ0n) is 14.4. The van der Waals surface area contributed by atoms with E-state index in [4.69, 9.17) is 4.74 Å². The molecule has 136 valence electrons. The normalized spacial score (nSPS) is 11.2. The summed E-state index contributed by atoms with van der Waals surface area (Å²) in [5.74, 6) is -1.67. The van der Waals surface area contributed by atoms with Crippen molar-refractivity contribution in [1.82, 2.24) is 15.6 Å². The summed E-state index contributed by atoms with van der Waals surface area (Å²) in [7, 11) is 2.61. The standard InChI is InChI=1S/C16H22N4O5/c1-4-5-10-25-12-8-6-11(7-9-12)16(23)20(3)13(14(21)17-2)15(22)18-19-24/h6-9,13H,4-5,10H2,1-3H3,(H,17,21)(H,18,22,24). The van der Waals surface area contributed by atoms with Gasteiger partial charge in [0.1, 0.15) is 5.75 Å². The summed E-state index contributed by atoms with van der Waals surface area (Å²) in [6.45, 7) is 2.64. The first-order chi connectivity index (χ1) is 12.0. The summed E-state index contributed by atoms with van der Waals surface area (Å²) in [6, 6.07) is 4.83. The maximum Gasteiger partial charge on any atom is 0.275 e. The number of likely N-dealkylation sites (N-methyl/N-ethyl adjacent to an activating group) is 2. The fraction of sp³-hybridized carbons (Fsp3) is 0.438. The van der Waals surface area contributed by atoms with E-state index in [-0.39, 0.29) is 5.56 Å². The number of carbonyl (C=O) groups excluding carboxylic acids is 3. The summed E-state index contributed by atoms with van der Waals surface area (Å²) < 4.78 is 5.51. The molecule has 1 unspecified atom stereocenters. The van der Waals surface area contributed by atoms with Crippen LogP contribution in [0.5, 0.6) is 5.75 Å². The van der Waals surface area contributed by atoms with E-state index in [0.717, 1.165) is 17.7 Å². The Labute approximate surface area is 145 Å². The van der Waals surface area contributed by atoms with Gasteiger partial charge in [0.25, 0.3) is 17.7 Å². The number of nitrogens with one attached hydrogen (secondary N) is 2. The highest BCUT2D eigenvalue weighted by molar-refractivity contribution is 6.08. The van der Waals surface area contributed by atoms with Crippen LogP contribution in [0.2, 0.25) is 0 Å². The van der Waals surface area contributed by atoms with Gasteiger partial charge in [0, 0.05) is 19.7 Å². The monoisotopic (exact) mass is 350 g/mol. The molecule has 9 heteroatoms. The summed E-state index contributed by atoms with van der Waals surface area (Å²) in [5, 5.41) is 4.52. The zero-order valence-corrected chi connectivity index (χ0v) is 14.4. The Morgan fingerprint density at radius 2 is 1.84 bits per heavy atom. The van der Waals surface area contributed by atoms with E-state index in [1.165, 1.54) is 26.2 Å². The lowest BCUT2D eigenvalue weighted by Gasteiger charge is -2.24. The van der Waals surface area contributed by atoms with E-state index in [1.807, 2.05) is 0 Å². The molecule has 0 heterocycles. The van der Waals surface area contributed by atoms with Crippen LogP contribution < -0.4 is 15.5 Å². The molecule has 0 fully saturated rings. The first-order valence-corrected chi connectivity index (χ1v) is 7.80. The molecule has 0 spiro atoms. The van der Waals surface area contributed by atoms with Crippen molar-refractivity contribution < 1.29 is 19.1 Å². The molecule has 0 saturated carbocycles. The number of rotatable bonds is 9. The molecule has 2 N–H and O–H groups in total. The SMILES string of the molecule is CCCCOc1ccc(C(=O)N(C)C(C(=O)NC)C(=O)NN=O)cc1. The average molecular weight is 350 g/mol. The Morgan fingerprint density at radius 1 is 1.20 bits per heavy atom. The Hall–Kier alpha value is -2.97. The Kier molecular flexibility index (Phi) is 8.04. The van der Waals surface area contributed by atoms with Gasteiger partial charge in [-0.15, -0.1) is 4.91 Å². The lowest BCUT2D eigenvalue weighted by atomic mass is 10.1. The second-order valence-electron chi connectivity index (χ2n) is 5.23. The molecule has 3 amide bonds. The van der Waals surface area contributed by atoms with Gasteiger partial charge in [-0.25, -0.2) is 5.43 Å². The van der Waals surface area contributed by atoms with E-state index >= 15 is 0 Å².